The molecule has 18 heavy (non-hydrogen) atoms. The van der Waals surface area contributed by atoms with E-state index in [1.165, 1.54) is 6.07 Å². The molecule has 3 N–H and O–H groups in total. The molecule has 1 aromatic rings. The third kappa shape index (κ3) is 2.24. The van der Waals surface area contributed by atoms with Crippen LogP contribution in [0.5, 0.6) is 0 Å². The average Bonchev–Trinajstić information content (AvgIpc) is 2.79. The molecule has 1 saturated heterocycles. The van der Waals surface area contributed by atoms with Gasteiger partial charge in [0, 0.05) is 26.3 Å². The quantitative estimate of drug-likeness (QED) is 0.796. The van der Waals surface area contributed by atoms with Crippen molar-refractivity contribution in [2.75, 3.05) is 30.8 Å². The lowest BCUT2D eigenvalue weighted by atomic mass is 10.1. The first-order chi connectivity index (χ1) is 8.52. The summed E-state index contributed by atoms with van der Waals surface area (Å²) in [5, 5.41) is 8.80. The van der Waals surface area contributed by atoms with Crippen molar-refractivity contribution in [2.45, 2.75) is 12.5 Å². The van der Waals surface area contributed by atoms with E-state index in [-0.39, 0.29) is 11.8 Å². The van der Waals surface area contributed by atoms with Crippen LogP contribution in [0.2, 0.25) is 0 Å². The number of benzene rings is 1. The molecule has 0 radical (unpaired) electrons. The maximum atomic E-state index is 13.6. The highest BCUT2D eigenvalue weighted by molar-refractivity contribution is 5.91. The number of nitrogens with zero attached hydrogens (tertiary/aromatic N) is 1. The zero-order valence-corrected chi connectivity index (χ0v) is 10.0. The lowest BCUT2D eigenvalue weighted by Gasteiger charge is -2.20. The Morgan fingerprint density at radius 2 is 2.33 bits per heavy atom. The van der Waals surface area contributed by atoms with Gasteiger partial charge in [0.15, 0.2) is 0 Å². The van der Waals surface area contributed by atoms with E-state index >= 15 is 0 Å². The summed E-state index contributed by atoms with van der Waals surface area (Å²) in [5.41, 5.74) is 6.17. The van der Waals surface area contributed by atoms with Gasteiger partial charge in [-0.2, -0.15) is 0 Å². The van der Waals surface area contributed by atoms with E-state index in [1.807, 2.05) is 4.90 Å². The van der Waals surface area contributed by atoms with Crippen LogP contribution in [0.1, 0.15) is 16.8 Å². The number of carboxylic acid groups (broad SMARTS) is 1. The predicted octanol–water partition coefficient (Wildman–Crippen LogP) is 1.33. The maximum Gasteiger partial charge on any atom is 0.338 e. The molecule has 1 unspecified atom stereocenters. The second-order valence-corrected chi connectivity index (χ2v) is 4.29. The van der Waals surface area contributed by atoms with Crippen molar-refractivity contribution in [1.82, 2.24) is 0 Å². The van der Waals surface area contributed by atoms with Crippen molar-refractivity contribution in [3.8, 4) is 0 Å². The molecule has 0 saturated carbocycles. The fourth-order valence-electron chi connectivity index (χ4n) is 2.16. The monoisotopic (exact) mass is 254 g/mol. The summed E-state index contributed by atoms with van der Waals surface area (Å²) in [6.07, 6.45) is 0.949. The van der Waals surface area contributed by atoms with Crippen LogP contribution in [-0.4, -0.2) is 37.4 Å². The summed E-state index contributed by atoms with van der Waals surface area (Å²) >= 11 is 0. The van der Waals surface area contributed by atoms with Crippen LogP contribution < -0.4 is 10.6 Å². The van der Waals surface area contributed by atoms with E-state index in [4.69, 9.17) is 15.6 Å². The summed E-state index contributed by atoms with van der Waals surface area (Å²) in [7, 11) is 1.63. The van der Waals surface area contributed by atoms with Gasteiger partial charge in [-0.15, -0.1) is 0 Å². The Bertz CT molecular complexity index is 479. The third-order valence-electron chi connectivity index (χ3n) is 3.17. The number of nitrogens with two attached hydrogens (primary N) is 1. The van der Waals surface area contributed by atoms with Crippen molar-refractivity contribution in [3.63, 3.8) is 0 Å². The number of hydrogen-bond donors (Lipinski definition) is 2. The van der Waals surface area contributed by atoms with Gasteiger partial charge in [0.2, 0.25) is 0 Å². The van der Waals surface area contributed by atoms with Gasteiger partial charge >= 0.3 is 5.97 Å². The third-order valence-corrected chi connectivity index (χ3v) is 3.17. The number of rotatable bonds is 3. The average molecular weight is 254 g/mol. The first-order valence-electron chi connectivity index (χ1n) is 5.63. The van der Waals surface area contributed by atoms with Crippen LogP contribution in [0.3, 0.4) is 0 Å². The molecule has 1 atom stereocenters. The first-order valence-corrected chi connectivity index (χ1v) is 5.63. The Balaban J connectivity index is 2.30. The maximum absolute atomic E-state index is 13.6. The highest BCUT2D eigenvalue weighted by atomic mass is 19.1. The van der Waals surface area contributed by atoms with Crippen LogP contribution in [0.4, 0.5) is 15.8 Å². The number of ether oxygens (including phenoxy) is 1. The number of aromatic carboxylic acids is 1. The van der Waals surface area contributed by atoms with Gasteiger partial charge in [0.25, 0.3) is 0 Å². The number of methoxy groups -OCH3 is 1. The SMILES string of the molecule is COC1CCN(c2cc(F)c(C(=O)O)cc2N)C1. The fourth-order valence-corrected chi connectivity index (χ4v) is 2.16. The molecule has 0 aromatic heterocycles. The summed E-state index contributed by atoms with van der Waals surface area (Å²) in [6.45, 7) is 1.35. The predicted molar refractivity (Wildman–Crippen MR) is 65.4 cm³/mol. The Kier molecular flexibility index (Phi) is 3.38. The lowest BCUT2D eigenvalue weighted by molar-refractivity contribution is 0.0692. The van der Waals surface area contributed by atoms with Crippen molar-refractivity contribution < 1.29 is 19.0 Å². The van der Waals surface area contributed by atoms with E-state index in [2.05, 4.69) is 0 Å². The Hall–Kier alpha value is -1.82. The number of nitrogen functional groups attached to an aromatic ring is 1. The van der Waals surface area contributed by atoms with E-state index in [0.29, 0.717) is 18.8 Å². The minimum atomic E-state index is -1.32. The minimum absolute atomic E-state index is 0.103. The van der Waals surface area contributed by atoms with E-state index in [0.717, 1.165) is 12.5 Å². The molecule has 5 nitrogen and oxygen atoms in total. The smallest absolute Gasteiger partial charge is 0.338 e. The normalized spacial score (nSPS) is 19.2. The molecule has 2 rings (SSSR count). The lowest BCUT2D eigenvalue weighted by Crippen LogP contribution is -2.23. The Morgan fingerprint density at radius 3 is 2.89 bits per heavy atom. The standard InChI is InChI=1S/C12H15FN2O3/c1-18-7-2-3-15(6-7)11-5-9(13)8(12(16)17)4-10(11)14/h4-5,7H,2-3,6,14H2,1H3,(H,16,17). The van der Waals surface area contributed by atoms with Crippen LogP contribution in [0.25, 0.3) is 0 Å². The zero-order chi connectivity index (χ0) is 13.3. The molecular formula is C12H15FN2O3. The van der Waals surface area contributed by atoms with Crippen LogP contribution in [0, 0.1) is 5.82 Å². The Morgan fingerprint density at radius 1 is 1.61 bits per heavy atom. The largest absolute Gasteiger partial charge is 0.478 e. The van der Waals surface area contributed by atoms with Crippen LogP contribution >= 0.6 is 0 Å². The number of carbonyl (C=O) groups is 1. The molecule has 0 amide bonds. The molecule has 6 heteroatoms. The zero-order valence-electron chi connectivity index (χ0n) is 10.0. The van der Waals surface area contributed by atoms with Gasteiger partial charge in [-0.25, -0.2) is 9.18 Å². The summed E-state index contributed by atoms with van der Waals surface area (Å²) in [6, 6.07) is 2.34. The van der Waals surface area contributed by atoms with E-state index < -0.39 is 17.3 Å². The summed E-state index contributed by atoms with van der Waals surface area (Å²) in [5.74, 6) is -2.09. The number of anilines is 2. The first kappa shape index (κ1) is 12.6. The number of carboxylic acids is 1. The fraction of sp³-hybridized carbons (Fsp3) is 0.417. The highest BCUT2D eigenvalue weighted by Gasteiger charge is 2.25. The Labute approximate surface area is 104 Å². The van der Waals surface area contributed by atoms with Gasteiger partial charge in [0.1, 0.15) is 5.82 Å². The van der Waals surface area contributed by atoms with Crippen LogP contribution in [-0.2, 0) is 4.74 Å². The molecule has 1 aliphatic heterocycles. The van der Waals surface area contributed by atoms with Crippen LogP contribution in [0.15, 0.2) is 12.1 Å². The molecule has 1 heterocycles. The van der Waals surface area contributed by atoms with Gasteiger partial charge in [-0.1, -0.05) is 0 Å². The van der Waals surface area contributed by atoms with Crippen molar-refractivity contribution in [3.05, 3.63) is 23.5 Å². The van der Waals surface area contributed by atoms with Gasteiger partial charge < -0.3 is 20.5 Å². The van der Waals surface area contributed by atoms with E-state index in [1.54, 1.807) is 7.11 Å². The van der Waals surface area contributed by atoms with E-state index in [9.17, 15) is 9.18 Å². The van der Waals surface area contributed by atoms with Crippen molar-refractivity contribution >= 4 is 17.3 Å². The molecule has 0 bridgehead atoms. The molecule has 1 aliphatic rings. The second kappa shape index (κ2) is 4.81. The molecule has 0 aliphatic carbocycles. The summed E-state index contributed by atoms with van der Waals surface area (Å²) < 4.78 is 18.8. The van der Waals surface area contributed by atoms with Gasteiger partial charge in [0.05, 0.1) is 23.0 Å². The topological polar surface area (TPSA) is 75.8 Å². The summed E-state index contributed by atoms with van der Waals surface area (Å²) in [4.78, 5) is 12.7. The molecular weight excluding hydrogens is 239 g/mol. The molecule has 0 spiro atoms. The molecule has 1 fully saturated rings. The minimum Gasteiger partial charge on any atom is -0.478 e. The highest BCUT2D eigenvalue weighted by Crippen LogP contribution is 2.30. The number of halogens is 1. The molecule has 98 valence electrons. The second-order valence-electron chi connectivity index (χ2n) is 4.29. The number of hydrogen-bond acceptors (Lipinski definition) is 4. The van der Waals surface area contributed by atoms with Gasteiger partial charge in [-0.3, -0.25) is 0 Å². The van der Waals surface area contributed by atoms with Crippen molar-refractivity contribution in [1.29, 1.82) is 0 Å². The van der Waals surface area contributed by atoms with Crippen molar-refractivity contribution in [2.24, 2.45) is 0 Å². The van der Waals surface area contributed by atoms with Gasteiger partial charge in [-0.05, 0) is 12.5 Å². The molecule has 1 aromatic carbocycles.